The van der Waals surface area contributed by atoms with Crippen molar-refractivity contribution in [3.8, 4) is 11.5 Å². The van der Waals surface area contributed by atoms with Crippen LogP contribution >= 0.6 is 11.8 Å². The van der Waals surface area contributed by atoms with Crippen molar-refractivity contribution < 1.29 is 9.32 Å². The number of nitrogens with one attached hydrogen (secondary N) is 1. The van der Waals surface area contributed by atoms with Crippen molar-refractivity contribution in [3.63, 3.8) is 0 Å². The Bertz CT molecular complexity index is 804. The van der Waals surface area contributed by atoms with Crippen LogP contribution in [0.2, 0.25) is 0 Å². The molecule has 0 bridgehead atoms. The molecule has 0 aromatic carbocycles. The fourth-order valence-electron chi connectivity index (χ4n) is 2.57. The molecule has 3 heterocycles. The molecule has 0 saturated carbocycles. The van der Waals surface area contributed by atoms with E-state index in [0.717, 1.165) is 12.2 Å². The molecule has 3 aromatic rings. The zero-order valence-electron chi connectivity index (χ0n) is 14.5. The van der Waals surface area contributed by atoms with Gasteiger partial charge in [-0.15, -0.1) is 0 Å². The summed E-state index contributed by atoms with van der Waals surface area (Å²) in [6, 6.07) is 9.18. The van der Waals surface area contributed by atoms with E-state index in [4.69, 9.17) is 4.52 Å². The van der Waals surface area contributed by atoms with Crippen molar-refractivity contribution in [1.82, 2.24) is 25.0 Å². The smallest absolute Gasteiger partial charge is 0.243 e. The molecule has 136 valence electrons. The van der Waals surface area contributed by atoms with E-state index < -0.39 is 0 Å². The minimum absolute atomic E-state index is 0.000264. The zero-order chi connectivity index (χ0) is 18.2. The standard InChI is InChI=1S/C18H21N5O2S/c1-26-13-8-15(23-11-4-5-12-23)18(24)20-10-7-16-21-17(22-25-16)14-6-2-3-9-19-14/h2-6,9,11-12,15H,7-8,10,13H2,1H3,(H,20,24). The molecule has 1 atom stereocenters. The van der Waals surface area contributed by atoms with Crippen LogP contribution in [-0.4, -0.2) is 44.2 Å². The van der Waals surface area contributed by atoms with Crippen molar-refractivity contribution in [2.75, 3.05) is 18.6 Å². The first-order valence-electron chi connectivity index (χ1n) is 8.41. The van der Waals surface area contributed by atoms with E-state index in [1.807, 2.05) is 53.5 Å². The Balaban J connectivity index is 1.53. The van der Waals surface area contributed by atoms with Crippen LogP contribution in [0.1, 0.15) is 18.4 Å². The van der Waals surface area contributed by atoms with Crippen LogP contribution in [-0.2, 0) is 11.2 Å². The molecule has 1 unspecified atom stereocenters. The van der Waals surface area contributed by atoms with Crippen molar-refractivity contribution >= 4 is 17.7 Å². The summed E-state index contributed by atoms with van der Waals surface area (Å²) in [5.41, 5.74) is 0.663. The van der Waals surface area contributed by atoms with Crippen LogP contribution in [0, 0.1) is 0 Å². The van der Waals surface area contributed by atoms with E-state index in [-0.39, 0.29) is 11.9 Å². The summed E-state index contributed by atoms with van der Waals surface area (Å²) in [5, 5.41) is 6.90. The Morgan fingerprint density at radius 1 is 1.31 bits per heavy atom. The fraction of sp³-hybridized carbons (Fsp3) is 0.333. The first-order chi connectivity index (χ1) is 12.8. The van der Waals surface area contributed by atoms with Gasteiger partial charge in [0, 0.05) is 31.6 Å². The monoisotopic (exact) mass is 371 g/mol. The lowest BCUT2D eigenvalue weighted by Gasteiger charge is -2.18. The van der Waals surface area contributed by atoms with Gasteiger partial charge < -0.3 is 14.4 Å². The summed E-state index contributed by atoms with van der Waals surface area (Å²) in [6.45, 7) is 0.444. The quantitative estimate of drug-likeness (QED) is 0.622. The van der Waals surface area contributed by atoms with Crippen LogP contribution < -0.4 is 5.32 Å². The summed E-state index contributed by atoms with van der Waals surface area (Å²) in [5.74, 6) is 1.86. The number of rotatable bonds is 9. The lowest BCUT2D eigenvalue weighted by Crippen LogP contribution is -2.34. The molecule has 7 nitrogen and oxygen atoms in total. The third-order valence-electron chi connectivity index (χ3n) is 3.89. The summed E-state index contributed by atoms with van der Waals surface area (Å²) in [7, 11) is 0. The molecule has 3 rings (SSSR count). The average molecular weight is 371 g/mol. The molecule has 1 N–H and O–H groups in total. The Kier molecular flexibility index (Phi) is 6.43. The average Bonchev–Trinajstić information content (AvgIpc) is 3.35. The van der Waals surface area contributed by atoms with Crippen molar-refractivity contribution in [1.29, 1.82) is 0 Å². The third kappa shape index (κ3) is 4.72. The molecule has 26 heavy (non-hydrogen) atoms. The van der Waals surface area contributed by atoms with Gasteiger partial charge in [0.15, 0.2) is 0 Å². The topological polar surface area (TPSA) is 85.8 Å². The Morgan fingerprint density at radius 2 is 2.15 bits per heavy atom. The Hall–Kier alpha value is -2.61. The lowest BCUT2D eigenvalue weighted by molar-refractivity contribution is -0.124. The number of carbonyl (C=O) groups excluding carboxylic acids is 1. The predicted octanol–water partition coefficient (Wildman–Crippen LogP) is 2.59. The number of aromatic nitrogens is 4. The molecule has 0 saturated heterocycles. The maximum absolute atomic E-state index is 12.5. The highest BCUT2D eigenvalue weighted by Gasteiger charge is 2.19. The number of hydrogen-bond donors (Lipinski definition) is 1. The van der Waals surface area contributed by atoms with Gasteiger partial charge in [-0.1, -0.05) is 11.2 Å². The van der Waals surface area contributed by atoms with E-state index in [0.29, 0.717) is 30.4 Å². The minimum Gasteiger partial charge on any atom is -0.354 e. The molecule has 0 aliphatic rings. The highest BCUT2D eigenvalue weighted by molar-refractivity contribution is 7.98. The zero-order valence-corrected chi connectivity index (χ0v) is 15.4. The summed E-state index contributed by atoms with van der Waals surface area (Å²) in [4.78, 5) is 21.1. The van der Waals surface area contributed by atoms with E-state index in [1.54, 1.807) is 18.0 Å². The lowest BCUT2D eigenvalue weighted by atomic mass is 10.2. The van der Waals surface area contributed by atoms with E-state index >= 15 is 0 Å². The van der Waals surface area contributed by atoms with E-state index in [1.165, 1.54) is 0 Å². The van der Waals surface area contributed by atoms with Gasteiger partial charge >= 0.3 is 0 Å². The number of hydrogen-bond acceptors (Lipinski definition) is 6. The first-order valence-corrected chi connectivity index (χ1v) is 9.80. The molecular weight excluding hydrogens is 350 g/mol. The number of pyridine rings is 1. The van der Waals surface area contributed by atoms with Gasteiger partial charge in [-0.05, 0) is 42.7 Å². The maximum atomic E-state index is 12.5. The summed E-state index contributed by atoms with van der Waals surface area (Å²) < 4.78 is 7.18. The maximum Gasteiger partial charge on any atom is 0.243 e. The number of carbonyl (C=O) groups is 1. The van der Waals surface area contributed by atoms with Crippen molar-refractivity contribution in [2.24, 2.45) is 0 Å². The van der Waals surface area contributed by atoms with Gasteiger partial charge in [0.25, 0.3) is 0 Å². The van der Waals surface area contributed by atoms with Crippen LogP contribution in [0.25, 0.3) is 11.5 Å². The van der Waals surface area contributed by atoms with Gasteiger partial charge in [-0.3, -0.25) is 9.78 Å². The highest BCUT2D eigenvalue weighted by atomic mass is 32.2. The number of thioether (sulfide) groups is 1. The SMILES string of the molecule is CSCCC(C(=O)NCCc1nc(-c2ccccn2)no1)n1cccc1. The predicted molar refractivity (Wildman–Crippen MR) is 101 cm³/mol. The minimum atomic E-state index is -0.204. The Labute approximate surface area is 156 Å². The van der Waals surface area contributed by atoms with Crippen LogP contribution in [0.5, 0.6) is 0 Å². The molecule has 0 radical (unpaired) electrons. The normalized spacial score (nSPS) is 12.0. The highest BCUT2D eigenvalue weighted by Crippen LogP contribution is 2.15. The fourth-order valence-corrected chi connectivity index (χ4v) is 3.03. The molecule has 3 aromatic heterocycles. The second-order valence-electron chi connectivity index (χ2n) is 5.70. The number of nitrogens with zero attached hydrogens (tertiary/aromatic N) is 4. The van der Waals surface area contributed by atoms with Crippen molar-refractivity contribution in [3.05, 3.63) is 54.8 Å². The Morgan fingerprint density at radius 3 is 2.88 bits per heavy atom. The van der Waals surface area contributed by atoms with Gasteiger partial charge in [-0.2, -0.15) is 16.7 Å². The van der Waals surface area contributed by atoms with Crippen LogP contribution in [0.3, 0.4) is 0 Å². The first kappa shape index (κ1) is 18.2. The van der Waals surface area contributed by atoms with Gasteiger partial charge in [0.2, 0.25) is 17.6 Å². The van der Waals surface area contributed by atoms with Gasteiger partial charge in [0.05, 0.1) is 0 Å². The second kappa shape index (κ2) is 9.19. The molecule has 0 spiro atoms. The van der Waals surface area contributed by atoms with Gasteiger partial charge in [-0.25, -0.2) is 0 Å². The van der Waals surface area contributed by atoms with Crippen molar-refractivity contribution in [2.45, 2.75) is 18.9 Å². The third-order valence-corrected chi connectivity index (χ3v) is 4.53. The molecule has 0 fully saturated rings. The molecule has 8 heteroatoms. The molecule has 0 aliphatic carbocycles. The largest absolute Gasteiger partial charge is 0.354 e. The molecule has 1 amide bonds. The van der Waals surface area contributed by atoms with Gasteiger partial charge in [0.1, 0.15) is 11.7 Å². The van der Waals surface area contributed by atoms with E-state index in [2.05, 4.69) is 20.4 Å². The van der Waals surface area contributed by atoms with Crippen LogP contribution in [0.4, 0.5) is 0 Å². The number of amides is 1. The summed E-state index contributed by atoms with van der Waals surface area (Å²) in [6.07, 6.45) is 8.82. The van der Waals surface area contributed by atoms with E-state index in [9.17, 15) is 4.79 Å². The molecule has 0 aliphatic heterocycles. The second-order valence-corrected chi connectivity index (χ2v) is 6.68. The van der Waals surface area contributed by atoms with Crippen LogP contribution in [0.15, 0.2) is 53.4 Å². The summed E-state index contributed by atoms with van der Waals surface area (Å²) >= 11 is 1.73. The molecular formula is C18H21N5O2S.